The number of carbonyl (C=O) groups is 1. The van der Waals surface area contributed by atoms with Gasteiger partial charge in [-0.05, 0) is 65.7 Å². The number of hydrogen-bond acceptors (Lipinski definition) is 2. The lowest BCUT2D eigenvalue weighted by atomic mass is 10.2. The van der Waals surface area contributed by atoms with E-state index in [4.69, 9.17) is 51.5 Å². The summed E-state index contributed by atoms with van der Waals surface area (Å²) < 4.78 is 0. The molecule has 4 nitrogen and oxygen atoms in total. The standard InChI is InChI=1S/C17H11Cl3N2.C9H7ClO2/c18-12-4-1-11(2-5-12)3-8-17-21-10-16(22-17)14-7-6-13(19)9-15(14)20;10-8-4-1-7(2-5-8)3-6-9(11)12/h1-10H,(H,21,22);1-6H,(H,11,12)/b8-3+;6-3+. The number of aliphatic carboxylic acids is 1. The van der Waals surface area contributed by atoms with E-state index < -0.39 is 5.97 Å². The van der Waals surface area contributed by atoms with Crippen LogP contribution in [0.25, 0.3) is 29.5 Å². The molecular weight excluding hydrogens is 514 g/mol. The quantitative estimate of drug-likeness (QED) is 0.253. The zero-order valence-corrected chi connectivity index (χ0v) is 20.6. The van der Waals surface area contributed by atoms with Crippen LogP contribution in [0.4, 0.5) is 0 Å². The van der Waals surface area contributed by atoms with Crippen LogP contribution in [0.3, 0.4) is 0 Å². The van der Waals surface area contributed by atoms with E-state index in [0.29, 0.717) is 15.1 Å². The first-order chi connectivity index (χ1) is 16.3. The summed E-state index contributed by atoms with van der Waals surface area (Å²) in [5.74, 6) is -0.207. The monoisotopic (exact) mass is 530 g/mol. The Morgan fingerprint density at radius 2 is 1.32 bits per heavy atom. The lowest BCUT2D eigenvalue weighted by molar-refractivity contribution is -0.131. The molecule has 0 unspecified atom stereocenters. The second-order valence-electron chi connectivity index (χ2n) is 6.90. The van der Waals surface area contributed by atoms with Crippen LogP contribution in [0.2, 0.25) is 20.1 Å². The van der Waals surface area contributed by atoms with Gasteiger partial charge in [-0.2, -0.15) is 0 Å². The molecule has 0 saturated carbocycles. The Balaban J connectivity index is 0.000000229. The summed E-state index contributed by atoms with van der Waals surface area (Å²) in [6.07, 6.45) is 8.28. The molecule has 0 atom stereocenters. The third-order valence-electron chi connectivity index (χ3n) is 4.40. The Hall–Kier alpha value is -3.02. The highest BCUT2D eigenvalue weighted by Crippen LogP contribution is 2.29. The molecule has 1 heterocycles. The van der Waals surface area contributed by atoms with E-state index in [-0.39, 0.29) is 0 Å². The van der Waals surface area contributed by atoms with E-state index in [2.05, 4.69) is 9.97 Å². The van der Waals surface area contributed by atoms with Crippen LogP contribution < -0.4 is 0 Å². The van der Waals surface area contributed by atoms with Gasteiger partial charge in [-0.3, -0.25) is 0 Å². The maximum absolute atomic E-state index is 10.1. The van der Waals surface area contributed by atoms with Crippen molar-refractivity contribution >= 4 is 70.6 Å². The highest BCUT2D eigenvalue weighted by molar-refractivity contribution is 6.36. The fourth-order valence-corrected chi connectivity index (χ4v) is 3.50. The third-order valence-corrected chi connectivity index (χ3v) is 5.45. The van der Waals surface area contributed by atoms with E-state index in [1.807, 2.05) is 48.7 Å². The number of halogens is 4. The third kappa shape index (κ3) is 8.08. The van der Waals surface area contributed by atoms with Gasteiger partial charge < -0.3 is 10.1 Å². The Labute approximate surface area is 217 Å². The number of imidazole rings is 1. The van der Waals surface area contributed by atoms with Gasteiger partial charge in [0.15, 0.2) is 0 Å². The molecule has 172 valence electrons. The normalized spacial score (nSPS) is 10.9. The summed E-state index contributed by atoms with van der Waals surface area (Å²) in [5.41, 5.74) is 3.49. The Morgan fingerprint density at radius 1 is 0.765 bits per heavy atom. The Bertz CT molecular complexity index is 1310. The van der Waals surface area contributed by atoms with Gasteiger partial charge in [0.05, 0.1) is 10.7 Å². The number of aromatic amines is 1. The van der Waals surface area contributed by atoms with E-state index in [1.165, 1.54) is 6.08 Å². The topological polar surface area (TPSA) is 66.0 Å². The molecule has 0 fully saturated rings. The first-order valence-corrected chi connectivity index (χ1v) is 11.4. The first-order valence-electron chi connectivity index (χ1n) is 9.91. The average molecular weight is 532 g/mol. The molecule has 4 aromatic rings. The van der Waals surface area contributed by atoms with Crippen molar-refractivity contribution in [1.82, 2.24) is 9.97 Å². The molecule has 8 heteroatoms. The number of rotatable bonds is 5. The summed E-state index contributed by atoms with van der Waals surface area (Å²) in [6, 6.07) is 19.9. The van der Waals surface area contributed by atoms with E-state index in [9.17, 15) is 4.79 Å². The van der Waals surface area contributed by atoms with Crippen LogP contribution in [0, 0.1) is 0 Å². The summed E-state index contributed by atoms with van der Waals surface area (Å²) in [7, 11) is 0. The Morgan fingerprint density at radius 3 is 1.88 bits per heavy atom. The molecular formula is C26H18Cl4N2O2. The zero-order valence-electron chi connectivity index (χ0n) is 17.6. The zero-order chi connectivity index (χ0) is 24.5. The van der Waals surface area contributed by atoms with Crippen LogP contribution in [-0.4, -0.2) is 21.0 Å². The minimum absolute atomic E-state index is 0.576. The van der Waals surface area contributed by atoms with Crippen molar-refractivity contribution in [2.24, 2.45) is 0 Å². The number of hydrogen-bond donors (Lipinski definition) is 2. The maximum atomic E-state index is 10.1. The van der Waals surface area contributed by atoms with Gasteiger partial charge in [0.25, 0.3) is 0 Å². The van der Waals surface area contributed by atoms with Gasteiger partial charge in [-0.15, -0.1) is 0 Å². The lowest BCUT2D eigenvalue weighted by Crippen LogP contribution is -1.85. The second kappa shape index (κ2) is 12.4. The molecule has 0 radical (unpaired) electrons. The smallest absolute Gasteiger partial charge is 0.328 e. The van der Waals surface area contributed by atoms with Crippen LogP contribution in [0.5, 0.6) is 0 Å². The molecule has 0 spiro atoms. The number of nitrogens with zero attached hydrogens (tertiary/aromatic N) is 1. The summed E-state index contributed by atoms with van der Waals surface area (Å²) in [4.78, 5) is 17.7. The Kier molecular flexibility index (Phi) is 9.37. The molecule has 0 aliphatic rings. The van der Waals surface area contributed by atoms with Gasteiger partial charge in [0.1, 0.15) is 5.82 Å². The van der Waals surface area contributed by atoms with Gasteiger partial charge >= 0.3 is 5.97 Å². The highest BCUT2D eigenvalue weighted by atomic mass is 35.5. The maximum Gasteiger partial charge on any atom is 0.328 e. The van der Waals surface area contributed by atoms with Crippen molar-refractivity contribution in [2.45, 2.75) is 0 Å². The fourth-order valence-electron chi connectivity index (χ4n) is 2.75. The SMILES string of the molecule is Clc1ccc(/C=C/c2nc(-c3ccc(Cl)cc3Cl)c[nH]2)cc1.O=C(O)/C=C/c1ccc(Cl)cc1. The molecule has 1 aromatic heterocycles. The van der Waals surface area contributed by atoms with Gasteiger partial charge in [-0.1, -0.05) is 76.7 Å². The molecule has 3 aromatic carbocycles. The number of nitrogens with one attached hydrogen (secondary N) is 1. The van der Waals surface area contributed by atoms with Crippen molar-refractivity contribution in [1.29, 1.82) is 0 Å². The molecule has 0 bridgehead atoms. The number of carboxylic acids is 1. The highest BCUT2D eigenvalue weighted by Gasteiger charge is 2.07. The molecule has 0 amide bonds. The second-order valence-corrected chi connectivity index (χ2v) is 8.62. The van der Waals surface area contributed by atoms with Crippen molar-refractivity contribution in [3.63, 3.8) is 0 Å². The van der Waals surface area contributed by atoms with Crippen LogP contribution >= 0.6 is 46.4 Å². The van der Waals surface area contributed by atoms with Crippen molar-refractivity contribution in [3.05, 3.63) is 116 Å². The van der Waals surface area contributed by atoms with Crippen molar-refractivity contribution < 1.29 is 9.90 Å². The summed E-state index contributed by atoms with van der Waals surface area (Å²) in [5, 5.41) is 10.9. The van der Waals surface area contributed by atoms with Crippen LogP contribution in [-0.2, 0) is 4.79 Å². The summed E-state index contributed by atoms with van der Waals surface area (Å²) in [6.45, 7) is 0. The average Bonchev–Trinajstić information content (AvgIpc) is 3.27. The van der Waals surface area contributed by atoms with Crippen LogP contribution in [0.15, 0.2) is 79.0 Å². The van der Waals surface area contributed by atoms with Crippen LogP contribution in [0.1, 0.15) is 17.0 Å². The predicted octanol–water partition coefficient (Wildman–Crippen LogP) is 8.65. The van der Waals surface area contributed by atoms with E-state index in [1.54, 1.807) is 36.4 Å². The predicted molar refractivity (Wildman–Crippen MR) is 143 cm³/mol. The van der Waals surface area contributed by atoms with Gasteiger partial charge in [0, 0.05) is 32.9 Å². The van der Waals surface area contributed by atoms with E-state index >= 15 is 0 Å². The number of H-pyrrole nitrogens is 1. The van der Waals surface area contributed by atoms with Crippen molar-refractivity contribution in [2.75, 3.05) is 0 Å². The van der Waals surface area contributed by atoms with Gasteiger partial charge in [-0.25, -0.2) is 9.78 Å². The minimum Gasteiger partial charge on any atom is -0.478 e. The number of carboxylic acid groups (broad SMARTS) is 1. The molecule has 0 aliphatic carbocycles. The van der Waals surface area contributed by atoms with Gasteiger partial charge in [0.2, 0.25) is 0 Å². The molecule has 34 heavy (non-hydrogen) atoms. The molecule has 0 aliphatic heterocycles. The fraction of sp³-hybridized carbons (Fsp3) is 0. The summed E-state index contributed by atoms with van der Waals surface area (Å²) >= 11 is 23.6. The van der Waals surface area contributed by atoms with E-state index in [0.717, 1.165) is 39.3 Å². The first kappa shape index (κ1) is 25.6. The largest absolute Gasteiger partial charge is 0.478 e. The molecule has 4 rings (SSSR count). The number of aromatic nitrogens is 2. The molecule has 0 saturated heterocycles. The lowest BCUT2D eigenvalue weighted by Gasteiger charge is -2.00. The molecule has 2 N–H and O–H groups in total. The number of benzene rings is 3. The minimum atomic E-state index is -0.954. The van der Waals surface area contributed by atoms with Crippen molar-refractivity contribution in [3.8, 4) is 11.3 Å².